The standard InChI is InChI=1S/C6H8BNO3/c7-3-2-6(10)4(9)5(6,11-3)1-8-2/h2-4,8-10H,1H2/t2-,3+,4?,5+,6+/m0/s1. The van der Waals surface area contributed by atoms with E-state index in [9.17, 15) is 10.2 Å². The summed E-state index contributed by atoms with van der Waals surface area (Å²) in [4.78, 5) is 0. The van der Waals surface area contributed by atoms with Crippen molar-refractivity contribution < 1.29 is 14.9 Å². The number of hydrogen-bond acceptors (Lipinski definition) is 4. The third-order valence-corrected chi connectivity index (χ3v) is 3.19. The lowest BCUT2D eigenvalue weighted by atomic mass is 9.89. The number of morpholine rings is 1. The molecule has 1 aliphatic carbocycles. The Morgan fingerprint density at radius 3 is 2.64 bits per heavy atom. The van der Waals surface area contributed by atoms with Crippen LogP contribution in [-0.2, 0) is 4.74 Å². The molecule has 3 rings (SSSR count). The van der Waals surface area contributed by atoms with Gasteiger partial charge in [0, 0.05) is 12.5 Å². The summed E-state index contributed by atoms with van der Waals surface area (Å²) in [7, 11) is 5.53. The lowest BCUT2D eigenvalue weighted by Gasteiger charge is -2.28. The molecule has 2 bridgehead atoms. The first-order valence-corrected chi connectivity index (χ1v) is 3.70. The summed E-state index contributed by atoms with van der Waals surface area (Å²) in [5.74, 6) is 0. The fourth-order valence-corrected chi connectivity index (χ4v) is 2.46. The van der Waals surface area contributed by atoms with Gasteiger partial charge in [-0.25, -0.2) is 0 Å². The Labute approximate surface area is 65.0 Å². The van der Waals surface area contributed by atoms with Crippen molar-refractivity contribution in [3.05, 3.63) is 0 Å². The fourth-order valence-electron chi connectivity index (χ4n) is 2.46. The van der Waals surface area contributed by atoms with Crippen LogP contribution in [0.3, 0.4) is 0 Å². The van der Waals surface area contributed by atoms with E-state index in [0.29, 0.717) is 6.54 Å². The van der Waals surface area contributed by atoms with Gasteiger partial charge in [-0.3, -0.25) is 0 Å². The molecule has 3 aliphatic rings. The zero-order valence-corrected chi connectivity index (χ0v) is 5.82. The van der Waals surface area contributed by atoms with E-state index in [4.69, 9.17) is 12.6 Å². The van der Waals surface area contributed by atoms with Crippen LogP contribution in [0.2, 0.25) is 0 Å². The number of aliphatic hydroxyl groups excluding tert-OH is 1. The zero-order chi connectivity index (χ0) is 7.85. The van der Waals surface area contributed by atoms with Crippen LogP contribution in [0.4, 0.5) is 0 Å². The minimum Gasteiger partial charge on any atom is -0.387 e. The van der Waals surface area contributed by atoms with Gasteiger partial charge in [-0.2, -0.15) is 0 Å². The Balaban J connectivity index is 2.08. The smallest absolute Gasteiger partial charge is 0.143 e. The number of rotatable bonds is 0. The molecular formula is C6H8BNO3. The number of ether oxygens (including phenoxy) is 1. The van der Waals surface area contributed by atoms with Gasteiger partial charge in [0.15, 0.2) is 0 Å². The summed E-state index contributed by atoms with van der Waals surface area (Å²) >= 11 is 0. The second kappa shape index (κ2) is 1.37. The minimum absolute atomic E-state index is 0.294. The average molecular weight is 153 g/mol. The molecule has 2 saturated heterocycles. The van der Waals surface area contributed by atoms with E-state index in [0.717, 1.165) is 0 Å². The molecule has 4 nitrogen and oxygen atoms in total. The van der Waals surface area contributed by atoms with Gasteiger partial charge in [0.25, 0.3) is 0 Å². The van der Waals surface area contributed by atoms with E-state index in [1.165, 1.54) is 0 Å². The second-order valence-electron chi connectivity index (χ2n) is 3.56. The maximum atomic E-state index is 9.78. The molecule has 5 atom stereocenters. The SMILES string of the molecule is [B][C@@H]1O[C@@]23CN[C@@H]1[C@@]2(O)C3O. The predicted octanol–water partition coefficient (Wildman–Crippen LogP) is -2.67. The van der Waals surface area contributed by atoms with Gasteiger partial charge in [-0.05, 0) is 0 Å². The van der Waals surface area contributed by atoms with Crippen LogP contribution in [0, 0.1) is 0 Å². The van der Waals surface area contributed by atoms with E-state index in [-0.39, 0.29) is 6.04 Å². The molecule has 5 heteroatoms. The highest BCUT2D eigenvalue weighted by atomic mass is 16.6. The molecular weight excluding hydrogens is 145 g/mol. The van der Waals surface area contributed by atoms with Crippen molar-refractivity contribution in [3.8, 4) is 0 Å². The van der Waals surface area contributed by atoms with E-state index in [1.54, 1.807) is 0 Å². The number of piperidine rings is 1. The summed E-state index contributed by atoms with van der Waals surface area (Å²) in [5, 5.41) is 22.1. The largest absolute Gasteiger partial charge is 0.387 e. The molecule has 11 heavy (non-hydrogen) atoms. The van der Waals surface area contributed by atoms with Gasteiger partial charge in [0.2, 0.25) is 0 Å². The molecule has 0 amide bonds. The van der Waals surface area contributed by atoms with Crippen LogP contribution < -0.4 is 5.32 Å². The first-order valence-electron chi connectivity index (χ1n) is 3.70. The van der Waals surface area contributed by atoms with Crippen molar-refractivity contribution in [2.24, 2.45) is 0 Å². The Hall–Kier alpha value is -0.0951. The summed E-state index contributed by atoms with van der Waals surface area (Å²) in [6.07, 6.45) is -0.749. The van der Waals surface area contributed by atoms with Gasteiger partial charge in [0.05, 0.1) is 6.04 Å². The molecule has 58 valence electrons. The molecule has 3 fully saturated rings. The molecule has 0 aromatic carbocycles. The van der Waals surface area contributed by atoms with Crippen LogP contribution in [0.25, 0.3) is 0 Å². The molecule has 0 aromatic rings. The van der Waals surface area contributed by atoms with Crippen LogP contribution in [-0.4, -0.2) is 54.0 Å². The summed E-state index contributed by atoms with van der Waals surface area (Å²) in [6.45, 7) is 0.503. The molecule has 2 radical (unpaired) electrons. The van der Waals surface area contributed by atoms with Crippen LogP contribution in [0.5, 0.6) is 0 Å². The monoisotopic (exact) mass is 153 g/mol. The predicted molar refractivity (Wildman–Crippen MR) is 36.1 cm³/mol. The Kier molecular flexibility index (Phi) is 0.803. The van der Waals surface area contributed by atoms with Crippen molar-refractivity contribution in [2.45, 2.75) is 29.4 Å². The lowest BCUT2D eigenvalue weighted by molar-refractivity contribution is -0.0304. The minimum atomic E-state index is -1.10. The maximum absolute atomic E-state index is 9.78. The molecule has 2 aliphatic heterocycles. The highest BCUT2D eigenvalue weighted by molar-refractivity contribution is 6.12. The number of nitrogens with one attached hydrogen (secondary N) is 1. The number of aliphatic hydroxyl groups is 2. The molecule has 1 saturated carbocycles. The van der Waals surface area contributed by atoms with Crippen molar-refractivity contribution in [1.29, 1.82) is 0 Å². The van der Waals surface area contributed by atoms with Crippen molar-refractivity contribution in [1.82, 2.24) is 5.32 Å². The Bertz CT molecular complexity index is 234. The van der Waals surface area contributed by atoms with Crippen LogP contribution in [0.1, 0.15) is 0 Å². The molecule has 2 heterocycles. The van der Waals surface area contributed by atoms with Crippen molar-refractivity contribution in [2.75, 3.05) is 6.54 Å². The molecule has 3 N–H and O–H groups in total. The average Bonchev–Trinajstić information content (AvgIpc) is 2.26. The van der Waals surface area contributed by atoms with Gasteiger partial charge in [-0.1, -0.05) is 0 Å². The fraction of sp³-hybridized carbons (Fsp3) is 1.00. The quantitative estimate of drug-likeness (QED) is 0.332. The normalized spacial score (nSPS) is 71.6. The van der Waals surface area contributed by atoms with E-state index < -0.39 is 23.3 Å². The van der Waals surface area contributed by atoms with Crippen LogP contribution >= 0.6 is 0 Å². The van der Waals surface area contributed by atoms with Gasteiger partial charge >= 0.3 is 0 Å². The van der Waals surface area contributed by atoms with Crippen molar-refractivity contribution in [3.63, 3.8) is 0 Å². The number of hydrogen-bond donors (Lipinski definition) is 3. The van der Waals surface area contributed by atoms with Gasteiger partial charge in [0.1, 0.15) is 25.2 Å². The maximum Gasteiger partial charge on any atom is 0.143 e. The summed E-state index contributed by atoms with van der Waals surface area (Å²) in [6, 6.07) is -0.769. The summed E-state index contributed by atoms with van der Waals surface area (Å²) < 4.78 is 5.25. The van der Waals surface area contributed by atoms with E-state index in [1.807, 2.05) is 0 Å². The third kappa shape index (κ3) is 0.389. The highest BCUT2D eigenvalue weighted by Gasteiger charge is 2.89. The highest BCUT2D eigenvalue weighted by Crippen LogP contribution is 2.62. The first-order chi connectivity index (χ1) is 5.13. The zero-order valence-electron chi connectivity index (χ0n) is 5.82. The van der Waals surface area contributed by atoms with Crippen LogP contribution in [0.15, 0.2) is 0 Å². The topological polar surface area (TPSA) is 61.7 Å². The Morgan fingerprint density at radius 1 is 1.64 bits per heavy atom. The molecule has 0 spiro atoms. The summed E-state index contributed by atoms with van der Waals surface area (Å²) in [5.41, 5.74) is -1.89. The molecule has 0 aromatic heterocycles. The van der Waals surface area contributed by atoms with E-state index in [2.05, 4.69) is 5.32 Å². The third-order valence-electron chi connectivity index (χ3n) is 3.19. The van der Waals surface area contributed by atoms with Gasteiger partial charge < -0.3 is 20.3 Å². The Morgan fingerprint density at radius 2 is 2.36 bits per heavy atom. The first kappa shape index (κ1) is 6.42. The van der Waals surface area contributed by atoms with Crippen molar-refractivity contribution >= 4 is 7.85 Å². The van der Waals surface area contributed by atoms with Gasteiger partial charge in [-0.15, -0.1) is 0 Å². The molecule has 1 unspecified atom stereocenters. The lowest BCUT2D eigenvalue weighted by Crippen LogP contribution is -2.51. The second-order valence-corrected chi connectivity index (χ2v) is 3.56. The van der Waals surface area contributed by atoms with E-state index >= 15 is 0 Å².